The van der Waals surface area contributed by atoms with E-state index < -0.39 is 0 Å². The first kappa shape index (κ1) is 24.0. The molecule has 34 heavy (non-hydrogen) atoms. The van der Waals surface area contributed by atoms with Crippen LogP contribution in [0.25, 0.3) is 0 Å². The van der Waals surface area contributed by atoms with E-state index in [9.17, 15) is 19.6 Å². The summed E-state index contributed by atoms with van der Waals surface area (Å²) in [5.41, 5.74) is 2.17. The Balaban J connectivity index is 1.41. The zero-order valence-electron chi connectivity index (χ0n) is 20.1. The van der Waals surface area contributed by atoms with E-state index in [1.54, 1.807) is 11.9 Å². The molecule has 1 unspecified atom stereocenters. The number of nitrogens with zero attached hydrogens (tertiary/aromatic N) is 5. The molecule has 1 atom stereocenters. The van der Waals surface area contributed by atoms with Crippen molar-refractivity contribution in [2.75, 3.05) is 32.0 Å². The molecule has 3 heterocycles. The molecule has 0 spiro atoms. The van der Waals surface area contributed by atoms with Crippen molar-refractivity contribution in [3.63, 3.8) is 0 Å². The maximum absolute atomic E-state index is 12.7. The summed E-state index contributed by atoms with van der Waals surface area (Å²) in [7, 11) is 1.71. The third-order valence-corrected chi connectivity index (χ3v) is 7.95. The monoisotopic (exact) mass is 482 g/mol. The molecule has 2 aliphatic rings. The highest BCUT2D eigenvalue weighted by Gasteiger charge is 2.32. The molecule has 2 aromatic heterocycles. The molecule has 10 heteroatoms. The summed E-state index contributed by atoms with van der Waals surface area (Å²) in [6, 6.07) is 2.28. The van der Waals surface area contributed by atoms with Crippen LogP contribution in [0.2, 0.25) is 0 Å². The normalized spacial score (nSPS) is 18.4. The Kier molecular flexibility index (Phi) is 6.49. The second-order valence-corrected chi connectivity index (χ2v) is 11.2. The first-order chi connectivity index (χ1) is 16.1. The lowest BCUT2D eigenvalue weighted by Gasteiger charge is -2.33. The summed E-state index contributed by atoms with van der Waals surface area (Å²) in [5.74, 6) is -0.143. The molecular weight excluding hydrogens is 452 g/mol. The van der Waals surface area contributed by atoms with Crippen LogP contribution in [0.1, 0.15) is 53.6 Å². The second-order valence-electron chi connectivity index (χ2n) is 10.1. The van der Waals surface area contributed by atoms with Gasteiger partial charge in [-0.1, -0.05) is 20.8 Å². The highest BCUT2D eigenvalue weighted by atomic mass is 32.1. The number of anilines is 1. The topological polar surface area (TPSA) is 111 Å². The van der Waals surface area contributed by atoms with Crippen LogP contribution < -0.4 is 5.32 Å². The van der Waals surface area contributed by atoms with Crippen LogP contribution in [0, 0.1) is 22.7 Å². The van der Waals surface area contributed by atoms with E-state index in [1.807, 2.05) is 0 Å². The summed E-state index contributed by atoms with van der Waals surface area (Å²) in [6.07, 6.45) is 5.75. The van der Waals surface area contributed by atoms with E-state index in [-0.39, 0.29) is 36.2 Å². The molecule has 3 amide bonds. The van der Waals surface area contributed by atoms with Crippen LogP contribution in [0.3, 0.4) is 0 Å². The number of aromatic nitrogens is 2. The maximum atomic E-state index is 12.7. The molecular formula is C24H30N6O3S. The Morgan fingerprint density at radius 3 is 2.76 bits per heavy atom. The fourth-order valence-electron chi connectivity index (χ4n) is 4.52. The fraction of sp³-hybridized carbons (Fsp3) is 0.542. The van der Waals surface area contributed by atoms with Crippen LogP contribution in [0.5, 0.6) is 0 Å². The molecule has 1 fully saturated rings. The minimum atomic E-state index is -0.306. The predicted molar refractivity (Wildman–Crippen MR) is 128 cm³/mol. The molecule has 0 aromatic carbocycles. The van der Waals surface area contributed by atoms with Crippen molar-refractivity contribution in [2.24, 2.45) is 11.3 Å². The SMILES string of the molecule is CN1CCN(C(=O)c2cnn(CC(=O)Nc3sc4c(c3C#N)CCC(C(C)(C)C)C4)c2)CC1=O. The first-order valence-corrected chi connectivity index (χ1v) is 12.3. The molecule has 1 aliphatic heterocycles. The van der Waals surface area contributed by atoms with Crippen molar-refractivity contribution < 1.29 is 14.4 Å². The third-order valence-electron chi connectivity index (χ3n) is 6.78. The largest absolute Gasteiger partial charge is 0.342 e. The average molecular weight is 483 g/mol. The van der Waals surface area contributed by atoms with Gasteiger partial charge in [0.1, 0.15) is 24.2 Å². The number of thiophene rings is 1. The molecule has 180 valence electrons. The predicted octanol–water partition coefficient (Wildman–Crippen LogP) is 2.52. The van der Waals surface area contributed by atoms with E-state index in [1.165, 1.54) is 38.2 Å². The van der Waals surface area contributed by atoms with Gasteiger partial charge in [0.2, 0.25) is 11.8 Å². The molecule has 0 saturated carbocycles. The zero-order chi connectivity index (χ0) is 24.6. The Labute approximate surface area is 203 Å². The van der Waals surface area contributed by atoms with Gasteiger partial charge in [0.05, 0.1) is 17.3 Å². The van der Waals surface area contributed by atoms with E-state index in [4.69, 9.17) is 0 Å². The molecule has 1 N–H and O–H groups in total. The van der Waals surface area contributed by atoms with Crippen molar-refractivity contribution in [1.82, 2.24) is 19.6 Å². The van der Waals surface area contributed by atoms with Crippen LogP contribution in [-0.2, 0) is 29.0 Å². The van der Waals surface area contributed by atoms with Crippen LogP contribution in [-0.4, -0.2) is 64.0 Å². The van der Waals surface area contributed by atoms with Crippen LogP contribution >= 0.6 is 11.3 Å². The Hall–Kier alpha value is -3.19. The lowest BCUT2D eigenvalue weighted by atomic mass is 9.72. The number of nitriles is 1. The van der Waals surface area contributed by atoms with Gasteiger partial charge < -0.3 is 15.1 Å². The number of hydrogen-bond acceptors (Lipinski definition) is 6. The van der Waals surface area contributed by atoms with Gasteiger partial charge in [0.15, 0.2) is 0 Å². The lowest BCUT2D eigenvalue weighted by molar-refractivity contribution is -0.133. The molecule has 9 nitrogen and oxygen atoms in total. The molecule has 1 aliphatic carbocycles. The van der Waals surface area contributed by atoms with Crippen molar-refractivity contribution in [1.29, 1.82) is 5.26 Å². The third kappa shape index (κ3) is 4.85. The van der Waals surface area contributed by atoms with Crippen molar-refractivity contribution in [3.8, 4) is 6.07 Å². The smallest absolute Gasteiger partial charge is 0.257 e. The Bertz CT molecular complexity index is 1170. The maximum Gasteiger partial charge on any atom is 0.257 e. The van der Waals surface area contributed by atoms with Crippen LogP contribution in [0.15, 0.2) is 12.4 Å². The summed E-state index contributed by atoms with van der Waals surface area (Å²) >= 11 is 1.49. The Morgan fingerprint density at radius 2 is 2.09 bits per heavy atom. The van der Waals surface area contributed by atoms with Gasteiger partial charge in [0, 0.05) is 31.2 Å². The number of hydrogen-bond donors (Lipinski definition) is 1. The number of nitrogens with one attached hydrogen (secondary N) is 1. The number of amides is 3. The van der Waals surface area contributed by atoms with Gasteiger partial charge in [-0.2, -0.15) is 10.4 Å². The quantitative estimate of drug-likeness (QED) is 0.720. The van der Waals surface area contributed by atoms with Gasteiger partial charge in [-0.15, -0.1) is 11.3 Å². The molecule has 0 bridgehead atoms. The molecule has 2 aromatic rings. The van der Waals surface area contributed by atoms with Crippen molar-refractivity contribution in [3.05, 3.63) is 34.0 Å². The van der Waals surface area contributed by atoms with Gasteiger partial charge in [-0.05, 0) is 36.2 Å². The van der Waals surface area contributed by atoms with Gasteiger partial charge in [-0.3, -0.25) is 19.1 Å². The van der Waals surface area contributed by atoms with E-state index in [2.05, 4.69) is 37.3 Å². The molecule has 1 saturated heterocycles. The summed E-state index contributed by atoms with van der Waals surface area (Å²) in [6.45, 7) is 7.65. The zero-order valence-corrected chi connectivity index (χ0v) is 20.9. The number of piperazine rings is 1. The number of fused-ring (bicyclic) bond motifs is 1. The fourth-order valence-corrected chi connectivity index (χ4v) is 5.81. The number of carbonyl (C=O) groups is 3. The first-order valence-electron chi connectivity index (χ1n) is 11.5. The summed E-state index contributed by atoms with van der Waals surface area (Å²) in [4.78, 5) is 41.6. The van der Waals surface area contributed by atoms with E-state index >= 15 is 0 Å². The average Bonchev–Trinajstić information content (AvgIpc) is 3.37. The summed E-state index contributed by atoms with van der Waals surface area (Å²) < 4.78 is 1.40. The van der Waals surface area contributed by atoms with Gasteiger partial charge >= 0.3 is 0 Å². The lowest BCUT2D eigenvalue weighted by Crippen LogP contribution is -2.50. The summed E-state index contributed by atoms with van der Waals surface area (Å²) in [5, 5.41) is 17.4. The van der Waals surface area contributed by atoms with Gasteiger partial charge in [-0.25, -0.2) is 0 Å². The number of rotatable bonds is 4. The highest BCUT2D eigenvalue weighted by Crippen LogP contribution is 2.43. The standard InChI is InChI=1S/C24H30N6O3S/c1-24(2,3)16-5-6-17-18(10-25)22(34-19(17)9-16)27-20(31)13-30-12-15(11-26-30)23(33)29-8-7-28(4)21(32)14-29/h11-12,16H,5-9,13-14H2,1-4H3,(H,27,31). The van der Waals surface area contributed by atoms with Gasteiger partial charge in [0.25, 0.3) is 5.91 Å². The number of carbonyl (C=O) groups excluding carboxylic acids is 3. The van der Waals surface area contributed by atoms with Crippen molar-refractivity contribution in [2.45, 2.75) is 46.6 Å². The highest BCUT2D eigenvalue weighted by molar-refractivity contribution is 7.16. The van der Waals surface area contributed by atoms with E-state index in [0.717, 1.165) is 24.8 Å². The minimum absolute atomic E-state index is 0.0387. The second kappa shape index (κ2) is 9.22. The Morgan fingerprint density at radius 1 is 1.32 bits per heavy atom. The van der Waals surface area contributed by atoms with Crippen molar-refractivity contribution >= 4 is 34.1 Å². The molecule has 4 rings (SSSR count). The van der Waals surface area contributed by atoms with Crippen LogP contribution in [0.4, 0.5) is 5.00 Å². The number of likely N-dealkylation sites (N-methyl/N-ethyl adjacent to an activating group) is 1. The minimum Gasteiger partial charge on any atom is -0.342 e. The van der Waals surface area contributed by atoms with E-state index in [0.29, 0.717) is 35.1 Å². The molecule has 0 radical (unpaired) electrons.